The minimum Gasteiger partial charge on any atom is -0.468 e. The van der Waals surface area contributed by atoms with E-state index in [0.29, 0.717) is 5.92 Å². The summed E-state index contributed by atoms with van der Waals surface area (Å²) in [6, 6.07) is 18.2. The minimum absolute atomic E-state index is 0.0115. The molecule has 0 radical (unpaired) electrons. The molecule has 3 atom stereocenters. The topological polar surface area (TPSA) is 82.1 Å². The lowest BCUT2D eigenvalue weighted by Gasteiger charge is -2.31. The molecular weight excluding hydrogens is 446 g/mol. The molecule has 0 N–H and O–H groups in total. The largest absolute Gasteiger partial charge is 0.468 e. The lowest BCUT2D eigenvalue weighted by Crippen LogP contribution is -2.45. The van der Waals surface area contributed by atoms with Crippen LogP contribution in [0.4, 0.5) is 4.79 Å². The van der Waals surface area contributed by atoms with Crippen molar-refractivity contribution < 1.29 is 28.6 Å². The van der Waals surface area contributed by atoms with Gasteiger partial charge in [0.2, 0.25) is 0 Å². The molecule has 2 aliphatic rings. The summed E-state index contributed by atoms with van der Waals surface area (Å²) in [7, 11) is 1.25. The van der Waals surface area contributed by atoms with Gasteiger partial charge in [-0.3, -0.25) is 14.5 Å². The van der Waals surface area contributed by atoms with Crippen LogP contribution in [0.1, 0.15) is 49.7 Å². The number of ether oxygens (including phenoxy) is 3. The van der Waals surface area contributed by atoms with Gasteiger partial charge >= 0.3 is 12.1 Å². The number of ketones is 1. The number of carbonyl (C=O) groups is 3. The van der Waals surface area contributed by atoms with E-state index in [2.05, 4.69) is 24.3 Å². The number of hydrogen-bond acceptors (Lipinski definition) is 6. The Morgan fingerprint density at radius 3 is 2.20 bits per heavy atom. The molecule has 0 bridgehead atoms. The summed E-state index contributed by atoms with van der Waals surface area (Å²) >= 11 is 0. The first-order valence-electron chi connectivity index (χ1n) is 12.3. The van der Waals surface area contributed by atoms with Crippen LogP contribution in [0.5, 0.6) is 0 Å². The fraction of sp³-hybridized carbons (Fsp3) is 0.464. The number of nitrogens with zero attached hydrogens (tertiary/aromatic N) is 1. The maximum absolute atomic E-state index is 13.2. The van der Waals surface area contributed by atoms with Crippen molar-refractivity contribution in [2.45, 2.75) is 63.3 Å². The number of amides is 1. The third kappa shape index (κ3) is 5.73. The highest BCUT2D eigenvalue weighted by molar-refractivity contribution is 6.06. The molecule has 2 fully saturated rings. The summed E-state index contributed by atoms with van der Waals surface area (Å²) in [6.07, 6.45) is 3.17. The lowest BCUT2D eigenvalue weighted by atomic mass is 9.83. The van der Waals surface area contributed by atoms with Crippen LogP contribution < -0.4 is 0 Å². The summed E-state index contributed by atoms with van der Waals surface area (Å²) in [5, 5.41) is 0. The number of hydrogen-bond donors (Lipinski definition) is 0. The number of benzene rings is 2. The summed E-state index contributed by atoms with van der Waals surface area (Å²) in [5.74, 6) is -1.54. The molecule has 1 saturated carbocycles. The van der Waals surface area contributed by atoms with Gasteiger partial charge in [-0.15, -0.1) is 0 Å². The van der Waals surface area contributed by atoms with Gasteiger partial charge in [0, 0.05) is 0 Å². The molecule has 1 aliphatic heterocycles. The van der Waals surface area contributed by atoms with Crippen LogP contribution in [0.15, 0.2) is 60.7 Å². The minimum atomic E-state index is -1.05. The highest BCUT2D eigenvalue weighted by atomic mass is 16.6. The smallest absolute Gasteiger partial charge is 0.411 e. The fourth-order valence-corrected chi connectivity index (χ4v) is 5.23. The lowest BCUT2D eigenvalue weighted by molar-refractivity contribution is -0.149. The molecule has 1 heterocycles. The molecular formula is C28H33NO6. The van der Waals surface area contributed by atoms with Crippen molar-refractivity contribution >= 4 is 17.8 Å². The molecule has 1 amide bonds. The van der Waals surface area contributed by atoms with E-state index in [1.807, 2.05) is 36.4 Å². The SMILES string of the molecule is COC(=O)C1C(=O)C(COC2CCC(c3ccccc3)CC2)N(C(=O)OCc2ccccc2)[C@@H]1C. The third-order valence-electron chi connectivity index (χ3n) is 7.20. The first kappa shape index (κ1) is 24.9. The molecule has 0 aromatic heterocycles. The molecule has 7 nitrogen and oxygen atoms in total. The Morgan fingerprint density at radius 1 is 0.943 bits per heavy atom. The zero-order chi connectivity index (χ0) is 24.8. The van der Waals surface area contributed by atoms with Crippen LogP contribution in [-0.4, -0.2) is 54.7 Å². The number of rotatable bonds is 7. The van der Waals surface area contributed by atoms with E-state index in [9.17, 15) is 14.4 Å². The predicted molar refractivity (Wildman–Crippen MR) is 130 cm³/mol. The van der Waals surface area contributed by atoms with Gasteiger partial charge in [0.15, 0.2) is 5.78 Å². The average molecular weight is 480 g/mol. The van der Waals surface area contributed by atoms with E-state index in [1.54, 1.807) is 6.92 Å². The maximum Gasteiger partial charge on any atom is 0.411 e. The molecule has 7 heteroatoms. The van der Waals surface area contributed by atoms with Crippen molar-refractivity contribution in [3.05, 3.63) is 71.8 Å². The third-order valence-corrected chi connectivity index (χ3v) is 7.20. The van der Waals surface area contributed by atoms with Crippen molar-refractivity contribution in [1.29, 1.82) is 0 Å². The Kier molecular flexibility index (Phi) is 8.18. The molecule has 2 aromatic rings. The second kappa shape index (κ2) is 11.5. The molecule has 2 aromatic carbocycles. The van der Waals surface area contributed by atoms with E-state index >= 15 is 0 Å². The van der Waals surface area contributed by atoms with Gasteiger partial charge in [-0.2, -0.15) is 0 Å². The summed E-state index contributed by atoms with van der Waals surface area (Å²) in [4.78, 5) is 39.9. The molecule has 1 aliphatic carbocycles. The first-order chi connectivity index (χ1) is 17.0. The van der Waals surface area contributed by atoms with Crippen molar-refractivity contribution in [3.63, 3.8) is 0 Å². The Morgan fingerprint density at radius 2 is 1.57 bits per heavy atom. The molecule has 186 valence electrons. The van der Waals surface area contributed by atoms with E-state index < -0.39 is 30.1 Å². The number of esters is 1. The first-order valence-corrected chi connectivity index (χ1v) is 12.3. The van der Waals surface area contributed by atoms with Gasteiger partial charge in [0.1, 0.15) is 18.6 Å². The number of likely N-dealkylation sites (tertiary alicyclic amines) is 1. The Hall–Kier alpha value is -3.19. The van der Waals surface area contributed by atoms with Crippen LogP contribution in [0.2, 0.25) is 0 Å². The van der Waals surface area contributed by atoms with Gasteiger partial charge in [0.05, 0.1) is 25.9 Å². The number of methoxy groups -OCH3 is 1. The van der Waals surface area contributed by atoms with Crippen molar-refractivity contribution in [2.75, 3.05) is 13.7 Å². The highest BCUT2D eigenvalue weighted by Crippen LogP contribution is 2.35. The highest BCUT2D eigenvalue weighted by Gasteiger charge is 2.53. The molecule has 35 heavy (non-hydrogen) atoms. The Bertz CT molecular complexity index is 1000. The fourth-order valence-electron chi connectivity index (χ4n) is 5.23. The number of carbonyl (C=O) groups excluding carboxylic acids is 3. The molecule has 2 unspecified atom stereocenters. The molecule has 1 saturated heterocycles. The van der Waals surface area contributed by atoms with Crippen LogP contribution in [0, 0.1) is 5.92 Å². The summed E-state index contributed by atoms with van der Waals surface area (Å²) in [5.41, 5.74) is 2.19. The van der Waals surface area contributed by atoms with E-state index in [1.165, 1.54) is 17.6 Å². The van der Waals surface area contributed by atoms with Crippen molar-refractivity contribution in [1.82, 2.24) is 4.90 Å². The summed E-state index contributed by atoms with van der Waals surface area (Å²) in [6.45, 7) is 1.79. The van der Waals surface area contributed by atoms with Crippen molar-refractivity contribution in [3.8, 4) is 0 Å². The second-order valence-electron chi connectivity index (χ2n) is 9.32. The zero-order valence-electron chi connectivity index (χ0n) is 20.3. The van der Waals surface area contributed by atoms with Gasteiger partial charge in [0.25, 0.3) is 0 Å². The monoisotopic (exact) mass is 479 g/mol. The Balaban J connectivity index is 1.39. The van der Waals surface area contributed by atoms with E-state index in [-0.39, 0.29) is 25.1 Å². The molecule has 0 spiro atoms. The predicted octanol–water partition coefficient (Wildman–Crippen LogP) is 4.50. The average Bonchev–Trinajstić information content (AvgIpc) is 3.16. The van der Waals surface area contributed by atoms with Gasteiger partial charge in [-0.1, -0.05) is 60.7 Å². The van der Waals surface area contributed by atoms with Crippen molar-refractivity contribution in [2.24, 2.45) is 5.92 Å². The van der Waals surface area contributed by atoms with Gasteiger partial charge in [-0.25, -0.2) is 4.79 Å². The van der Waals surface area contributed by atoms with Gasteiger partial charge < -0.3 is 14.2 Å². The normalized spacial score (nSPS) is 26.4. The number of Topliss-reactive ketones (excluding diaryl/α,β-unsaturated/α-hetero) is 1. The van der Waals surface area contributed by atoms with Crippen LogP contribution in [0.3, 0.4) is 0 Å². The van der Waals surface area contributed by atoms with Crippen LogP contribution in [-0.2, 0) is 30.4 Å². The van der Waals surface area contributed by atoms with Gasteiger partial charge in [-0.05, 0) is 49.7 Å². The second-order valence-corrected chi connectivity index (χ2v) is 9.32. The quantitative estimate of drug-likeness (QED) is 0.430. The standard InChI is InChI=1S/C28H33NO6/c1-19-25(27(31)33-2)26(30)24(29(19)28(32)35-17-20-9-5-3-6-10-20)18-34-23-15-13-22(14-16-23)21-11-7-4-8-12-21/h3-12,19,22-25H,13-18H2,1-2H3/t19-,22?,23?,24?,25?/m1/s1. The van der Waals surface area contributed by atoms with E-state index in [0.717, 1.165) is 31.2 Å². The molecule has 4 rings (SSSR count). The van der Waals surface area contributed by atoms with Crippen LogP contribution in [0.25, 0.3) is 0 Å². The van der Waals surface area contributed by atoms with E-state index in [4.69, 9.17) is 14.2 Å². The Labute approximate surface area is 206 Å². The summed E-state index contributed by atoms with van der Waals surface area (Å²) < 4.78 is 16.5. The zero-order valence-corrected chi connectivity index (χ0v) is 20.3. The van der Waals surface area contributed by atoms with Crippen LogP contribution >= 0.6 is 0 Å². The maximum atomic E-state index is 13.2.